The number of alkyl halides is 3. The Bertz CT molecular complexity index is 1500. The third-order valence-corrected chi connectivity index (χ3v) is 6.18. The van der Waals surface area contributed by atoms with Gasteiger partial charge < -0.3 is 9.84 Å². The molecule has 0 spiro atoms. The Balaban J connectivity index is 1.27. The number of rotatable bonds is 7. The summed E-state index contributed by atoms with van der Waals surface area (Å²) in [7, 11) is 0. The monoisotopic (exact) mass is 526 g/mol. The van der Waals surface area contributed by atoms with Crippen LogP contribution >= 0.6 is 11.6 Å². The molecule has 1 N–H and O–H groups in total. The molecule has 0 fully saturated rings. The van der Waals surface area contributed by atoms with Gasteiger partial charge in [0.1, 0.15) is 17.0 Å². The van der Waals surface area contributed by atoms with E-state index in [1.165, 1.54) is 12.4 Å². The van der Waals surface area contributed by atoms with E-state index in [2.05, 4.69) is 30.4 Å². The summed E-state index contributed by atoms with van der Waals surface area (Å²) in [6.07, 6.45) is 0.257. The number of aliphatic imine (C=N–C) groups is 1. The fraction of sp³-hybridized carbons (Fsp3) is 0.200. The highest BCUT2D eigenvalue weighted by molar-refractivity contribution is 6.36. The van der Waals surface area contributed by atoms with Crippen LogP contribution in [0.4, 0.5) is 30.4 Å². The molecule has 0 amide bonds. The normalized spacial score (nSPS) is 13.7. The first-order chi connectivity index (χ1) is 17.7. The number of anilines is 2. The minimum atomic E-state index is -4.43. The number of carbonyl (C=O) groups is 1. The van der Waals surface area contributed by atoms with Crippen LogP contribution in [0.1, 0.15) is 52.3 Å². The molecule has 5 rings (SSSR count). The first-order valence-corrected chi connectivity index (χ1v) is 11.5. The topological polar surface area (TPSA) is 106 Å². The number of benzene rings is 1. The van der Waals surface area contributed by atoms with E-state index in [1.807, 2.05) is 0 Å². The molecule has 0 saturated carbocycles. The van der Waals surface area contributed by atoms with Gasteiger partial charge in [-0.2, -0.15) is 13.2 Å². The molecule has 0 saturated heterocycles. The van der Waals surface area contributed by atoms with Gasteiger partial charge >= 0.3 is 6.18 Å². The molecule has 4 aromatic rings. The molecule has 0 unspecified atom stereocenters. The van der Waals surface area contributed by atoms with Crippen molar-refractivity contribution in [3.8, 4) is 0 Å². The molecule has 8 nitrogen and oxygen atoms in total. The summed E-state index contributed by atoms with van der Waals surface area (Å²) >= 11 is 6.41. The van der Waals surface area contributed by atoms with E-state index in [9.17, 15) is 18.0 Å². The number of halogens is 4. The molecular weight excluding hydrogens is 509 g/mol. The van der Waals surface area contributed by atoms with Crippen molar-refractivity contribution in [3.05, 3.63) is 88.4 Å². The highest BCUT2D eigenvalue weighted by Gasteiger charge is 2.32. The molecule has 1 atom stereocenters. The average Bonchev–Trinajstić information content (AvgIpc) is 3.52. The number of ketones is 1. The van der Waals surface area contributed by atoms with Gasteiger partial charge in [0.15, 0.2) is 17.4 Å². The number of hydrogen-bond acceptors (Lipinski definition) is 8. The smallest absolute Gasteiger partial charge is 0.355 e. The Morgan fingerprint density at radius 2 is 1.95 bits per heavy atom. The number of hydrogen-bond donors (Lipinski definition) is 1. The second-order valence-corrected chi connectivity index (χ2v) is 8.84. The predicted octanol–water partition coefficient (Wildman–Crippen LogP) is 6.33. The summed E-state index contributed by atoms with van der Waals surface area (Å²) in [5.74, 6) is -0.0422. The number of pyridine rings is 1. The lowest BCUT2D eigenvalue weighted by atomic mass is 9.98. The van der Waals surface area contributed by atoms with Gasteiger partial charge in [0, 0.05) is 42.9 Å². The molecule has 188 valence electrons. The van der Waals surface area contributed by atoms with Crippen molar-refractivity contribution in [2.75, 3.05) is 5.32 Å². The molecule has 4 heterocycles. The SMILES string of the molecule is C[C@H](CC(=O)c1ncnc(Nc2ccncc2)c1Cl)c1cc(C2=Nc3ccc(C(F)(F)F)cc3C2)on1. The maximum absolute atomic E-state index is 13.0. The molecule has 1 aliphatic rings. The van der Waals surface area contributed by atoms with E-state index in [-0.39, 0.29) is 41.1 Å². The second-order valence-electron chi connectivity index (χ2n) is 8.47. The van der Waals surface area contributed by atoms with Crippen LogP contribution < -0.4 is 5.32 Å². The van der Waals surface area contributed by atoms with Gasteiger partial charge in [-0.05, 0) is 35.9 Å². The van der Waals surface area contributed by atoms with Crippen molar-refractivity contribution in [1.29, 1.82) is 0 Å². The number of Topliss-reactive ketones (excluding diaryl/α,β-unsaturated/α-hetero) is 1. The summed E-state index contributed by atoms with van der Waals surface area (Å²) in [5.41, 5.74) is 1.93. The van der Waals surface area contributed by atoms with Gasteiger partial charge in [-0.25, -0.2) is 15.0 Å². The van der Waals surface area contributed by atoms with Crippen LogP contribution in [-0.2, 0) is 12.6 Å². The lowest BCUT2D eigenvalue weighted by molar-refractivity contribution is -0.137. The number of nitrogens with zero attached hydrogens (tertiary/aromatic N) is 5. The predicted molar refractivity (Wildman–Crippen MR) is 130 cm³/mol. The molecule has 1 aliphatic heterocycles. The van der Waals surface area contributed by atoms with E-state index in [1.54, 1.807) is 37.5 Å². The molecule has 37 heavy (non-hydrogen) atoms. The van der Waals surface area contributed by atoms with Crippen LogP contribution in [0.3, 0.4) is 0 Å². The Morgan fingerprint density at radius 1 is 1.16 bits per heavy atom. The number of fused-ring (bicyclic) bond motifs is 1. The van der Waals surface area contributed by atoms with E-state index < -0.39 is 11.7 Å². The maximum atomic E-state index is 13.0. The van der Waals surface area contributed by atoms with Crippen LogP contribution in [0.15, 0.2) is 64.6 Å². The molecule has 0 bridgehead atoms. The molecule has 3 aromatic heterocycles. The average molecular weight is 527 g/mol. The summed E-state index contributed by atoms with van der Waals surface area (Å²) in [4.78, 5) is 29.5. The molecular formula is C25H18ClF3N6O2. The lowest BCUT2D eigenvalue weighted by Crippen LogP contribution is -2.10. The number of carbonyl (C=O) groups excluding carboxylic acids is 1. The quantitative estimate of drug-likeness (QED) is 0.280. The zero-order valence-corrected chi connectivity index (χ0v) is 20.0. The first-order valence-electron chi connectivity index (χ1n) is 11.1. The zero-order valence-electron chi connectivity index (χ0n) is 19.3. The van der Waals surface area contributed by atoms with Gasteiger partial charge in [0.05, 0.1) is 22.7 Å². The van der Waals surface area contributed by atoms with E-state index >= 15 is 0 Å². The fourth-order valence-corrected chi connectivity index (χ4v) is 4.13. The first kappa shape index (κ1) is 24.6. The van der Waals surface area contributed by atoms with Gasteiger partial charge in [-0.3, -0.25) is 9.78 Å². The lowest BCUT2D eigenvalue weighted by Gasteiger charge is -2.11. The van der Waals surface area contributed by atoms with Crippen molar-refractivity contribution in [2.24, 2.45) is 4.99 Å². The molecule has 1 aromatic carbocycles. The van der Waals surface area contributed by atoms with Crippen molar-refractivity contribution < 1.29 is 22.5 Å². The van der Waals surface area contributed by atoms with Gasteiger partial charge in [0.25, 0.3) is 0 Å². The summed E-state index contributed by atoms with van der Waals surface area (Å²) in [6, 6.07) is 8.53. The molecule has 0 aliphatic carbocycles. The minimum absolute atomic E-state index is 0.0407. The largest absolute Gasteiger partial charge is 0.416 e. The van der Waals surface area contributed by atoms with E-state index in [0.29, 0.717) is 34.1 Å². The molecule has 0 radical (unpaired) electrons. The highest BCUT2D eigenvalue weighted by Crippen LogP contribution is 2.36. The van der Waals surface area contributed by atoms with E-state index in [4.69, 9.17) is 16.1 Å². The third-order valence-electron chi connectivity index (χ3n) is 5.83. The Hall–Kier alpha value is -4.12. The Morgan fingerprint density at radius 3 is 2.70 bits per heavy atom. The van der Waals surface area contributed by atoms with Crippen molar-refractivity contribution in [1.82, 2.24) is 20.1 Å². The standard InChI is InChI=1S/C25H18ClF3N6O2/c1-13(8-20(36)23-22(26)24(32-12-31-23)33-16-4-6-30-7-5-16)18-11-21(37-35-18)19-10-14-9-15(25(27,28)29)2-3-17(14)34-19/h2-7,9,11-13H,8,10H2,1H3,(H,30,31,32,33)/t13-/m1/s1. The van der Waals surface area contributed by atoms with Crippen molar-refractivity contribution in [2.45, 2.75) is 31.9 Å². The van der Waals surface area contributed by atoms with Gasteiger partial charge in [-0.1, -0.05) is 23.7 Å². The maximum Gasteiger partial charge on any atom is 0.416 e. The fourth-order valence-electron chi connectivity index (χ4n) is 3.88. The van der Waals surface area contributed by atoms with Crippen LogP contribution in [0.5, 0.6) is 0 Å². The Kier molecular flexibility index (Phi) is 6.46. The van der Waals surface area contributed by atoms with Crippen molar-refractivity contribution in [3.63, 3.8) is 0 Å². The van der Waals surface area contributed by atoms with Gasteiger partial charge in [0.2, 0.25) is 0 Å². The minimum Gasteiger partial charge on any atom is -0.355 e. The van der Waals surface area contributed by atoms with Crippen LogP contribution in [0.25, 0.3) is 0 Å². The third kappa shape index (κ3) is 5.21. The number of aromatic nitrogens is 4. The zero-order chi connectivity index (χ0) is 26.2. The summed E-state index contributed by atoms with van der Waals surface area (Å²) in [5, 5.41) is 7.17. The van der Waals surface area contributed by atoms with Crippen LogP contribution in [-0.4, -0.2) is 31.6 Å². The van der Waals surface area contributed by atoms with Gasteiger partial charge in [-0.15, -0.1) is 0 Å². The summed E-state index contributed by atoms with van der Waals surface area (Å²) in [6.45, 7) is 1.80. The van der Waals surface area contributed by atoms with Crippen molar-refractivity contribution >= 4 is 40.3 Å². The van der Waals surface area contributed by atoms with E-state index in [0.717, 1.165) is 12.1 Å². The highest BCUT2D eigenvalue weighted by atomic mass is 35.5. The Labute approximate surface area is 213 Å². The second kappa shape index (κ2) is 9.74. The molecule has 12 heteroatoms. The van der Waals surface area contributed by atoms with Crippen LogP contribution in [0.2, 0.25) is 5.02 Å². The number of nitrogens with one attached hydrogen (secondary N) is 1. The summed E-state index contributed by atoms with van der Waals surface area (Å²) < 4.78 is 44.5. The van der Waals surface area contributed by atoms with Crippen LogP contribution in [0, 0.1) is 0 Å².